The van der Waals surface area contributed by atoms with Crippen molar-refractivity contribution < 1.29 is 23.9 Å². The lowest BCUT2D eigenvalue weighted by molar-refractivity contribution is 0.0473. The Kier molecular flexibility index (Phi) is 7.08. The molecule has 1 N–H and O–H groups in total. The lowest BCUT2D eigenvalue weighted by atomic mass is 9.84. The number of carbonyl (C=O) groups is 3. The highest BCUT2D eigenvalue weighted by Crippen LogP contribution is 2.32. The zero-order chi connectivity index (χ0) is 21.7. The van der Waals surface area contributed by atoms with Crippen LogP contribution in [0.15, 0.2) is 24.3 Å². The molecular weight excluding hydrogens is 382 g/mol. The second-order valence-electron chi connectivity index (χ2n) is 7.80. The summed E-state index contributed by atoms with van der Waals surface area (Å²) in [6, 6.07) is 7.64. The Hall–Kier alpha value is -2.89. The van der Waals surface area contributed by atoms with Gasteiger partial charge in [-0.2, -0.15) is 0 Å². The summed E-state index contributed by atoms with van der Waals surface area (Å²) in [4.78, 5) is 39.9. The van der Waals surface area contributed by atoms with Crippen molar-refractivity contribution in [3.63, 3.8) is 0 Å². The van der Waals surface area contributed by atoms with Gasteiger partial charge < -0.3 is 14.5 Å². The van der Waals surface area contributed by atoms with Crippen molar-refractivity contribution in [1.29, 1.82) is 0 Å². The van der Waals surface area contributed by atoms with Gasteiger partial charge in [0, 0.05) is 11.3 Å². The number of hydrogen-bond donors (Lipinski definition) is 1. The summed E-state index contributed by atoms with van der Waals surface area (Å²) in [6.45, 7) is 4.94. The standard InChI is InChI=1S/C24H29NO5/c1-4-29-24(28)22-15(2)21(16(3)25-22)23(27)30-14-20(26)19-12-10-18(11-13-19)17-8-6-5-7-9-17/h10-13,17,25H,4-9,14H2,1-3H3. The molecule has 30 heavy (non-hydrogen) atoms. The van der Waals surface area contributed by atoms with E-state index in [-0.39, 0.29) is 30.3 Å². The maximum Gasteiger partial charge on any atom is 0.355 e. The number of aromatic nitrogens is 1. The first-order chi connectivity index (χ1) is 14.4. The van der Waals surface area contributed by atoms with Crippen molar-refractivity contribution in [2.24, 2.45) is 0 Å². The molecular formula is C24H29NO5. The van der Waals surface area contributed by atoms with Gasteiger partial charge >= 0.3 is 11.9 Å². The number of aryl methyl sites for hydroxylation is 1. The van der Waals surface area contributed by atoms with E-state index in [1.54, 1.807) is 20.8 Å². The number of H-pyrrole nitrogens is 1. The lowest BCUT2D eigenvalue weighted by Crippen LogP contribution is -2.15. The van der Waals surface area contributed by atoms with Gasteiger partial charge in [-0.3, -0.25) is 4.79 Å². The molecule has 1 saturated carbocycles. The molecule has 0 atom stereocenters. The zero-order valence-electron chi connectivity index (χ0n) is 17.9. The molecule has 0 saturated heterocycles. The number of aromatic amines is 1. The van der Waals surface area contributed by atoms with Crippen LogP contribution in [-0.2, 0) is 9.47 Å². The highest BCUT2D eigenvalue weighted by atomic mass is 16.5. The van der Waals surface area contributed by atoms with Crippen LogP contribution in [0.3, 0.4) is 0 Å². The second-order valence-corrected chi connectivity index (χ2v) is 7.80. The average molecular weight is 411 g/mol. The molecule has 0 amide bonds. The molecule has 2 aromatic rings. The van der Waals surface area contributed by atoms with Crippen LogP contribution in [0, 0.1) is 13.8 Å². The van der Waals surface area contributed by atoms with Crippen molar-refractivity contribution in [2.45, 2.75) is 58.8 Å². The van der Waals surface area contributed by atoms with Crippen molar-refractivity contribution in [3.8, 4) is 0 Å². The number of benzene rings is 1. The molecule has 1 aromatic carbocycles. The van der Waals surface area contributed by atoms with Gasteiger partial charge in [0.2, 0.25) is 0 Å². The van der Waals surface area contributed by atoms with E-state index in [1.165, 1.54) is 37.7 Å². The first kappa shape index (κ1) is 21.8. The SMILES string of the molecule is CCOC(=O)c1[nH]c(C)c(C(=O)OCC(=O)c2ccc(C3CCCCC3)cc2)c1C. The Morgan fingerprint density at radius 1 is 0.967 bits per heavy atom. The van der Waals surface area contributed by atoms with Gasteiger partial charge in [-0.05, 0) is 50.7 Å². The van der Waals surface area contributed by atoms with E-state index in [9.17, 15) is 14.4 Å². The Labute approximate surface area is 177 Å². The topological polar surface area (TPSA) is 85.5 Å². The maximum absolute atomic E-state index is 12.5. The molecule has 6 heteroatoms. The molecule has 1 aliphatic carbocycles. The Bertz CT molecular complexity index is 920. The van der Waals surface area contributed by atoms with Gasteiger partial charge in [0.15, 0.2) is 12.4 Å². The quantitative estimate of drug-likeness (QED) is 0.518. The van der Waals surface area contributed by atoms with E-state index in [2.05, 4.69) is 4.98 Å². The van der Waals surface area contributed by atoms with Gasteiger partial charge in [-0.25, -0.2) is 9.59 Å². The molecule has 1 fully saturated rings. The fraction of sp³-hybridized carbons (Fsp3) is 0.458. The number of nitrogens with one attached hydrogen (secondary N) is 1. The van der Waals surface area contributed by atoms with Gasteiger partial charge in [-0.15, -0.1) is 0 Å². The second kappa shape index (κ2) is 9.74. The summed E-state index contributed by atoms with van der Waals surface area (Å²) < 4.78 is 10.2. The minimum atomic E-state index is -0.635. The summed E-state index contributed by atoms with van der Waals surface area (Å²) in [5.41, 5.74) is 3.25. The number of rotatable bonds is 7. The lowest BCUT2D eigenvalue weighted by Gasteiger charge is -2.22. The van der Waals surface area contributed by atoms with Crippen LogP contribution >= 0.6 is 0 Å². The molecule has 6 nitrogen and oxygen atoms in total. The molecule has 1 aromatic heterocycles. The summed E-state index contributed by atoms with van der Waals surface area (Å²) in [5.74, 6) is -0.834. The smallest absolute Gasteiger partial charge is 0.355 e. The Morgan fingerprint density at radius 2 is 1.63 bits per heavy atom. The highest BCUT2D eigenvalue weighted by molar-refractivity contribution is 6.01. The molecule has 3 rings (SSSR count). The Morgan fingerprint density at radius 3 is 2.27 bits per heavy atom. The van der Waals surface area contributed by atoms with Crippen LogP contribution < -0.4 is 0 Å². The van der Waals surface area contributed by atoms with E-state index in [0.717, 1.165) is 0 Å². The van der Waals surface area contributed by atoms with Crippen molar-refractivity contribution in [1.82, 2.24) is 4.98 Å². The number of carbonyl (C=O) groups excluding carboxylic acids is 3. The van der Waals surface area contributed by atoms with E-state index in [4.69, 9.17) is 9.47 Å². The zero-order valence-corrected chi connectivity index (χ0v) is 17.9. The third kappa shape index (κ3) is 4.81. The number of ketones is 1. The van der Waals surface area contributed by atoms with Crippen LogP contribution in [0.5, 0.6) is 0 Å². The van der Waals surface area contributed by atoms with Gasteiger partial charge in [0.25, 0.3) is 0 Å². The molecule has 160 valence electrons. The number of hydrogen-bond acceptors (Lipinski definition) is 5. The average Bonchev–Trinajstić information content (AvgIpc) is 3.07. The fourth-order valence-electron chi connectivity index (χ4n) is 4.13. The number of ether oxygens (including phenoxy) is 2. The van der Waals surface area contributed by atoms with E-state index in [1.807, 2.05) is 24.3 Å². The van der Waals surface area contributed by atoms with E-state index >= 15 is 0 Å². The fourth-order valence-corrected chi connectivity index (χ4v) is 4.13. The Balaban J connectivity index is 1.62. The first-order valence-electron chi connectivity index (χ1n) is 10.6. The maximum atomic E-state index is 12.5. The monoisotopic (exact) mass is 411 g/mol. The normalized spacial score (nSPS) is 14.4. The molecule has 0 aliphatic heterocycles. The largest absolute Gasteiger partial charge is 0.461 e. The third-order valence-electron chi connectivity index (χ3n) is 5.76. The summed E-state index contributed by atoms with van der Waals surface area (Å²) in [5, 5.41) is 0. The summed E-state index contributed by atoms with van der Waals surface area (Å²) in [6.07, 6.45) is 6.23. The van der Waals surface area contributed by atoms with Crippen molar-refractivity contribution in [3.05, 3.63) is 57.9 Å². The number of esters is 2. The van der Waals surface area contributed by atoms with Crippen LogP contribution in [0.2, 0.25) is 0 Å². The molecule has 0 spiro atoms. The molecule has 1 aliphatic rings. The molecule has 1 heterocycles. The summed E-state index contributed by atoms with van der Waals surface area (Å²) >= 11 is 0. The highest BCUT2D eigenvalue weighted by Gasteiger charge is 2.24. The van der Waals surface area contributed by atoms with Crippen LogP contribution in [-0.4, -0.2) is 35.9 Å². The van der Waals surface area contributed by atoms with Crippen LogP contribution in [0.25, 0.3) is 0 Å². The predicted molar refractivity (Wildman–Crippen MR) is 113 cm³/mol. The van der Waals surface area contributed by atoms with Gasteiger partial charge in [0.05, 0.1) is 12.2 Å². The summed E-state index contributed by atoms with van der Waals surface area (Å²) in [7, 11) is 0. The molecule has 0 bridgehead atoms. The molecule has 0 radical (unpaired) electrons. The van der Waals surface area contributed by atoms with Crippen LogP contribution in [0.1, 0.15) is 93.0 Å². The third-order valence-corrected chi connectivity index (χ3v) is 5.76. The number of Topliss-reactive ketones (excluding diaryl/α,β-unsaturated/α-hetero) is 1. The van der Waals surface area contributed by atoms with Gasteiger partial charge in [-0.1, -0.05) is 43.5 Å². The van der Waals surface area contributed by atoms with E-state index in [0.29, 0.717) is 22.7 Å². The van der Waals surface area contributed by atoms with Crippen LogP contribution in [0.4, 0.5) is 0 Å². The van der Waals surface area contributed by atoms with Gasteiger partial charge in [0.1, 0.15) is 5.69 Å². The van der Waals surface area contributed by atoms with Crippen molar-refractivity contribution in [2.75, 3.05) is 13.2 Å². The predicted octanol–water partition coefficient (Wildman–Crippen LogP) is 4.90. The van der Waals surface area contributed by atoms with Crippen molar-refractivity contribution >= 4 is 17.7 Å². The minimum Gasteiger partial charge on any atom is -0.461 e. The minimum absolute atomic E-state index is 0.228. The molecule has 0 unspecified atom stereocenters. The first-order valence-corrected chi connectivity index (χ1v) is 10.6. The van der Waals surface area contributed by atoms with E-state index < -0.39 is 11.9 Å².